The van der Waals surface area contributed by atoms with Crippen LogP contribution in [-0.2, 0) is 6.54 Å². The Labute approximate surface area is 147 Å². The zero-order valence-electron chi connectivity index (χ0n) is 13.7. The molecule has 0 bridgehead atoms. The molecule has 3 aromatic rings. The lowest BCUT2D eigenvalue weighted by Crippen LogP contribution is -2.22. The summed E-state index contributed by atoms with van der Waals surface area (Å²) >= 11 is 0. The summed E-state index contributed by atoms with van der Waals surface area (Å²) in [5.41, 5.74) is 3.74. The zero-order chi connectivity index (χ0) is 17.5. The van der Waals surface area contributed by atoms with Crippen molar-refractivity contribution in [2.45, 2.75) is 6.54 Å². The van der Waals surface area contributed by atoms with Gasteiger partial charge in [-0.3, -0.25) is 4.79 Å². The van der Waals surface area contributed by atoms with Gasteiger partial charge in [-0.25, -0.2) is 0 Å². The molecule has 0 atom stereocenters. The molecular weight excluding hydrogens is 310 g/mol. The van der Waals surface area contributed by atoms with Gasteiger partial charge >= 0.3 is 0 Å². The van der Waals surface area contributed by atoms with E-state index in [9.17, 15) is 9.90 Å². The van der Waals surface area contributed by atoms with Gasteiger partial charge in [-0.2, -0.15) is 0 Å². The van der Waals surface area contributed by atoms with E-state index in [-0.39, 0.29) is 11.7 Å². The molecule has 3 rings (SSSR count). The number of aromatic hydroxyl groups is 1. The normalized spacial score (nSPS) is 10.7. The van der Waals surface area contributed by atoms with Crippen LogP contribution in [0.25, 0.3) is 12.2 Å². The highest BCUT2D eigenvalue weighted by atomic mass is 16.3. The topological polar surface area (TPSA) is 49.3 Å². The Morgan fingerprint density at radius 3 is 2.04 bits per heavy atom. The molecule has 0 aliphatic heterocycles. The summed E-state index contributed by atoms with van der Waals surface area (Å²) in [6, 6.07) is 24.3. The first-order valence-electron chi connectivity index (χ1n) is 8.10. The Bertz CT molecular complexity index is 851. The predicted molar refractivity (Wildman–Crippen MR) is 101 cm³/mol. The second-order valence-electron chi connectivity index (χ2n) is 5.72. The maximum Gasteiger partial charge on any atom is 0.251 e. The molecule has 3 heteroatoms. The van der Waals surface area contributed by atoms with E-state index in [2.05, 4.69) is 5.32 Å². The van der Waals surface area contributed by atoms with Gasteiger partial charge < -0.3 is 10.4 Å². The van der Waals surface area contributed by atoms with Crippen molar-refractivity contribution in [2.75, 3.05) is 0 Å². The number of carbonyl (C=O) groups is 1. The highest BCUT2D eigenvalue weighted by molar-refractivity contribution is 5.94. The Kier molecular flexibility index (Phi) is 5.27. The maximum atomic E-state index is 12.2. The van der Waals surface area contributed by atoms with Crippen LogP contribution in [0, 0.1) is 0 Å². The fourth-order valence-electron chi connectivity index (χ4n) is 2.40. The van der Waals surface area contributed by atoms with Crippen LogP contribution in [0.4, 0.5) is 0 Å². The molecule has 0 aromatic heterocycles. The molecule has 0 fully saturated rings. The Balaban J connectivity index is 1.58. The average molecular weight is 329 g/mol. The quantitative estimate of drug-likeness (QED) is 0.678. The largest absolute Gasteiger partial charge is 0.508 e. The van der Waals surface area contributed by atoms with E-state index in [0.29, 0.717) is 12.1 Å². The molecule has 0 aliphatic rings. The lowest BCUT2D eigenvalue weighted by Gasteiger charge is -2.06. The van der Waals surface area contributed by atoms with Gasteiger partial charge in [0, 0.05) is 12.1 Å². The highest BCUT2D eigenvalue weighted by Crippen LogP contribution is 2.11. The number of phenols is 1. The van der Waals surface area contributed by atoms with E-state index >= 15 is 0 Å². The van der Waals surface area contributed by atoms with Crippen LogP contribution in [0.2, 0.25) is 0 Å². The molecule has 0 heterocycles. The zero-order valence-corrected chi connectivity index (χ0v) is 13.7. The molecule has 3 nitrogen and oxygen atoms in total. The minimum absolute atomic E-state index is 0.119. The van der Waals surface area contributed by atoms with Gasteiger partial charge in [0.2, 0.25) is 0 Å². The first kappa shape index (κ1) is 16.5. The van der Waals surface area contributed by atoms with Crippen LogP contribution in [0.15, 0.2) is 78.9 Å². The Morgan fingerprint density at radius 1 is 0.800 bits per heavy atom. The van der Waals surface area contributed by atoms with Crippen LogP contribution in [0.5, 0.6) is 5.75 Å². The van der Waals surface area contributed by atoms with Gasteiger partial charge in [0.15, 0.2) is 0 Å². The summed E-state index contributed by atoms with van der Waals surface area (Å²) in [4.78, 5) is 12.2. The second-order valence-corrected chi connectivity index (χ2v) is 5.72. The predicted octanol–water partition coefficient (Wildman–Crippen LogP) is 4.49. The SMILES string of the molecule is O=C(NCc1ccc(O)cc1)c1ccc(C=Cc2ccccc2)cc1. The van der Waals surface area contributed by atoms with Gasteiger partial charge in [0.05, 0.1) is 0 Å². The van der Waals surface area contributed by atoms with Gasteiger partial charge in [0.1, 0.15) is 5.75 Å². The van der Waals surface area contributed by atoms with Crippen LogP contribution >= 0.6 is 0 Å². The van der Waals surface area contributed by atoms with Gasteiger partial charge in [-0.05, 0) is 41.0 Å². The highest BCUT2D eigenvalue weighted by Gasteiger charge is 2.04. The third-order valence-corrected chi connectivity index (χ3v) is 3.83. The van der Waals surface area contributed by atoms with Crippen molar-refractivity contribution in [1.29, 1.82) is 0 Å². The fraction of sp³-hybridized carbons (Fsp3) is 0.0455. The van der Waals surface area contributed by atoms with Crippen LogP contribution in [-0.4, -0.2) is 11.0 Å². The molecule has 0 aliphatic carbocycles. The molecule has 0 saturated heterocycles. The minimum atomic E-state index is -0.119. The number of amides is 1. The summed E-state index contributed by atoms with van der Waals surface area (Å²) in [6.07, 6.45) is 4.06. The van der Waals surface area contributed by atoms with E-state index < -0.39 is 0 Å². The number of rotatable bonds is 5. The summed E-state index contributed by atoms with van der Waals surface area (Å²) in [6.45, 7) is 0.425. The molecule has 124 valence electrons. The molecule has 2 N–H and O–H groups in total. The minimum Gasteiger partial charge on any atom is -0.508 e. The Hall–Kier alpha value is -3.33. The third kappa shape index (κ3) is 4.82. The van der Waals surface area contributed by atoms with Crippen LogP contribution in [0.1, 0.15) is 27.0 Å². The van der Waals surface area contributed by atoms with Crippen LogP contribution in [0.3, 0.4) is 0 Å². The van der Waals surface area contributed by atoms with E-state index in [4.69, 9.17) is 0 Å². The lowest BCUT2D eigenvalue weighted by atomic mass is 10.1. The summed E-state index contributed by atoms with van der Waals surface area (Å²) in [5.74, 6) is 0.0980. The number of hydrogen-bond acceptors (Lipinski definition) is 2. The number of carbonyl (C=O) groups excluding carboxylic acids is 1. The molecule has 25 heavy (non-hydrogen) atoms. The Morgan fingerprint density at radius 2 is 1.40 bits per heavy atom. The van der Waals surface area contributed by atoms with Crippen molar-refractivity contribution >= 4 is 18.1 Å². The first-order valence-corrected chi connectivity index (χ1v) is 8.10. The molecule has 3 aromatic carbocycles. The van der Waals surface area contributed by atoms with E-state index in [1.54, 1.807) is 24.3 Å². The lowest BCUT2D eigenvalue weighted by molar-refractivity contribution is 0.0951. The molecule has 1 amide bonds. The molecule has 0 spiro atoms. The smallest absolute Gasteiger partial charge is 0.251 e. The standard InChI is InChI=1S/C22H19NO2/c24-21-14-10-19(11-15-21)16-23-22(25)20-12-8-18(9-13-20)7-6-17-4-2-1-3-5-17/h1-15,24H,16H2,(H,23,25). The first-order chi connectivity index (χ1) is 12.2. The molecule has 0 saturated carbocycles. The van der Waals surface area contributed by atoms with E-state index in [0.717, 1.165) is 16.7 Å². The van der Waals surface area contributed by atoms with Gasteiger partial charge in [-0.1, -0.05) is 66.7 Å². The van der Waals surface area contributed by atoms with Crippen molar-refractivity contribution in [1.82, 2.24) is 5.32 Å². The van der Waals surface area contributed by atoms with Crippen molar-refractivity contribution in [3.8, 4) is 5.75 Å². The number of nitrogens with one attached hydrogen (secondary N) is 1. The van der Waals surface area contributed by atoms with Crippen LogP contribution < -0.4 is 5.32 Å². The van der Waals surface area contributed by atoms with Crippen molar-refractivity contribution < 1.29 is 9.90 Å². The van der Waals surface area contributed by atoms with Crippen molar-refractivity contribution in [3.63, 3.8) is 0 Å². The third-order valence-electron chi connectivity index (χ3n) is 3.83. The second kappa shape index (κ2) is 7.97. The van der Waals surface area contributed by atoms with E-state index in [1.807, 2.05) is 66.7 Å². The molecule has 0 unspecified atom stereocenters. The summed E-state index contributed by atoms with van der Waals surface area (Å²) in [5, 5.41) is 12.1. The van der Waals surface area contributed by atoms with Gasteiger partial charge in [-0.15, -0.1) is 0 Å². The fourth-order valence-corrected chi connectivity index (χ4v) is 2.40. The summed E-state index contributed by atoms with van der Waals surface area (Å²) in [7, 11) is 0. The average Bonchev–Trinajstić information content (AvgIpc) is 2.67. The van der Waals surface area contributed by atoms with Crippen molar-refractivity contribution in [2.24, 2.45) is 0 Å². The van der Waals surface area contributed by atoms with E-state index in [1.165, 1.54) is 0 Å². The number of benzene rings is 3. The maximum absolute atomic E-state index is 12.2. The van der Waals surface area contributed by atoms with Gasteiger partial charge in [0.25, 0.3) is 5.91 Å². The number of hydrogen-bond donors (Lipinski definition) is 2. The molecular formula is C22H19NO2. The number of phenolic OH excluding ortho intramolecular Hbond substituents is 1. The van der Waals surface area contributed by atoms with Crippen molar-refractivity contribution in [3.05, 3.63) is 101 Å². The monoisotopic (exact) mass is 329 g/mol. The summed E-state index contributed by atoms with van der Waals surface area (Å²) < 4.78 is 0. The molecule has 0 radical (unpaired) electrons.